The number of amides is 1. The summed E-state index contributed by atoms with van der Waals surface area (Å²) >= 11 is 6.52. The molecule has 2 aliphatic heterocycles. The van der Waals surface area contributed by atoms with Crippen molar-refractivity contribution in [1.82, 2.24) is 9.47 Å². The van der Waals surface area contributed by atoms with E-state index < -0.39 is 11.5 Å². The molecule has 0 radical (unpaired) electrons. The van der Waals surface area contributed by atoms with E-state index in [9.17, 15) is 24.4 Å². The molecule has 1 unspecified atom stereocenters. The zero-order chi connectivity index (χ0) is 28.7. The first kappa shape index (κ1) is 30.4. The highest BCUT2D eigenvalue weighted by atomic mass is 32.2. The van der Waals surface area contributed by atoms with Crippen LogP contribution in [0.1, 0.15) is 69.1 Å². The predicted octanol–water partition coefficient (Wildman–Crippen LogP) is 3.67. The van der Waals surface area contributed by atoms with Gasteiger partial charge in [-0.3, -0.25) is 28.6 Å². The molecule has 1 atom stereocenters. The largest absolute Gasteiger partial charge is 0.481 e. The second kappa shape index (κ2) is 13.8. The van der Waals surface area contributed by atoms with Gasteiger partial charge in [-0.2, -0.15) is 5.26 Å². The molecule has 12 heteroatoms. The first-order valence-electron chi connectivity index (χ1n) is 13.2. The predicted molar refractivity (Wildman–Crippen MR) is 153 cm³/mol. The molecule has 1 aromatic rings. The van der Waals surface area contributed by atoms with E-state index in [-0.39, 0.29) is 49.4 Å². The number of esters is 1. The first-order chi connectivity index (χ1) is 18.6. The van der Waals surface area contributed by atoms with Crippen LogP contribution < -0.4 is 10.5 Å². The number of carboxylic acids is 1. The normalized spacial score (nSPS) is 18.5. The second-order valence-electron chi connectivity index (χ2n) is 9.53. The van der Waals surface area contributed by atoms with Crippen LogP contribution in [-0.2, 0) is 25.7 Å². The number of hydrogen-bond donors (Lipinski definition) is 1. The molecule has 0 saturated carbocycles. The Bertz CT molecular complexity index is 1280. The highest BCUT2D eigenvalue weighted by Gasteiger charge is 2.34. The molecule has 1 amide bonds. The zero-order valence-corrected chi connectivity index (χ0v) is 24.2. The van der Waals surface area contributed by atoms with E-state index in [2.05, 4.69) is 0 Å². The third-order valence-corrected chi connectivity index (χ3v) is 8.22. The second-order valence-corrected chi connectivity index (χ2v) is 11.2. The van der Waals surface area contributed by atoms with Crippen molar-refractivity contribution >= 4 is 58.0 Å². The summed E-state index contributed by atoms with van der Waals surface area (Å²) in [4.78, 5) is 54.0. The monoisotopic (exact) mass is 574 g/mol. The van der Waals surface area contributed by atoms with Gasteiger partial charge in [0.15, 0.2) is 0 Å². The molecule has 39 heavy (non-hydrogen) atoms. The molecule has 0 aliphatic carbocycles. The van der Waals surface area contributed by atoms with Crippen LogP contribution in [-0.4, -0.2) is 63.0 Å². The van der Waals surface area contributed by atoms with Gasteiger partial charge in [-0.1, -0.05) is 37.3 Å². The summed E-state index contributed by atoms with van der Waals surface area (Å²) in [6, 6.07) is 2.05. The van der Waals surface area contributed by atoms with Crippen molar-refractivity contribution in [2.45, 2.75) is 65.8 Å². The van der Waals surface area contributed by atoms with Gasteiger partial charge in [0.2, 0.25) is 0 Å². The van der Waals surface area contributed by atoms with Crippen LogP contribution >= 0.6 is 24.0 Å². The average molecular weight is 575 g/mol. The fourth-order valence-corrected chi connectivity index (χ4v) is 6.13. The van der Waals surface area contributed by atoms with E-state index >= 15 is 0 Å². The highest BCUT2D eigenvalue weighted by molar-refractivity contribution is 8.26. The summed E-state index contributed by atoms with van der Waals surface area (Å²) in [5.41, 5.74) is 0.643. The van der Waals surface area contributed by atoms with Crippen molar-refractivity contribution in [3.8, 4) is 6.07 Å². The van der Waals surface area contributed by atoms with Gasteiger partial charge in [0.05, 0.1) is 17.4 Å². The number of carbonyl (C=O) groups excluding carboxylic acids is 2. The molecule has 1 aromatic heterocycles. The number of rotatable bonds is 11. The Kier molecular flexibility index (Phi) is 10.7. The van der Waals surface area contributed by atoms with Crippen molar-refractivity contribution in [3.63, 3.8) is 0 Å². The van der Waals surface area contributed by atoms with Crippen LogP contribution in [0.15, 0.2) is 9.70 Å². The number of hydrogen-bond acceptors (Lipinski definition) is 9. The van der Waals surface area contributed by atoms with E-state index in [1.165, 1.54) is 4.90 Å². The van der Waals surface area contributed by atoms with Gasteiger partial charge in [-0.15, -0.1) is 0 Å². The molecule has 3 rings (SSSR count). The molecule has 0 spiro atoms. The summed E-state index contributed by atoms with van der Waals surface area (Å²) in [5, 5.41) is 18.8. The lowest BCUT2D eigenvalue weighted by Crippen LogP contribution is -2.43. The summed E-state index contributed by atoms with van der Waals surface area (Å²) < 4.78 is 7.20. The van der Waals surface area contributed by atoms with Crippen LogP contribution in [0.5, 0.6) is 0 Å². The van der Waals surface area contributed by atoms with Gasteiger partial charge in [-0.25, -0.2) is 0 Å². The number of carboxylic acid groups (broad SMARTS) is 1. The van der Waals surface area contributed by atoms with Crippen molar-refractivity contribution in [3.05, 3.63) is 31.9 Å². The van der Waals surface area contributed by atoms with Crippen LogP contribution in [0.2, 0.25) is 0 Å². The van der Waals surface area contributed by atoms with Gasteiger partial charge in [-0.05, 0) is 51.2 Å². The number of aromatic nitrogens is 1. The number of thiocarbonyl (C=S) groups is 1. The third-order valence-electron chi connectivity index (χ3n) is 6.84. The average Bonchev–Trinajstić information content (AvgIpc) is 3.17. The Morgan fingerprint density at radius 1 is 1.26 bits per heavy atom. The van der Waals surface area contributed by atoms with Crippen molar-refractivity contribution in [1.29, 1.82) is 5.26 Å². The van der Waals surface area contributed by atoms with E-state index in [1.807, 2.05) is 17.9 Å². The Balaban J connectivity index is 2.13. The number of nitrogens with zero attached hydrogens (tertiary/aromatic N) is 4. The number of aliphatic carboxylic acids is 1. The van der Waals surface area contributed by atoms with Crippen molar-refractivity contribution in [2.75, 3.05) is 31.1 Å². The zero-order valence-electron chi connectivity index (χ0n) is 22.5. The minimum absolute atomic E-state index is 0.0111. The quantitative estimate of drug-likeness (QED) is 0.237. The van der Waals surface area contributed by atoms with E-state index in [0.29, 0.717) is 58.6 Å². The summed E-state index contributed by atoms with van der Waals surface area (Å²) in [7, 11) is 0. The van der Waals surface area contributed by atoms with Crippen LogP contribution in [0.4, 0.5) is 5.82 Å². The van der Waals surface area contributed by atoms with E-state index in [4.69, 9.17) is 22.1 Å². The number of unbranched alkanes of at least 4 members (excludes halogenated alkanes) is 1. The summed E-state index contributed by atoms with van der Waals surface area (Å²) in [5.74, 6) is -1.34. The number of thioether (sulfide) groups is 1. The highest BCUT2D eigenvalue weighted by Crippen LogP contribution is 2.37. The Labute approximate surface area is 237 Å². The summed E-state index contributed by atoms with van der Waals surface area (Å²) in [6.07, 6.45) is 4.80. The minimum atomic E-state index is -0.947. The van der Waals surface area contributed by atoms with Gasteiger partial charge < -0.3 is 14.7 Å². The lowest BCUT2D eigenvalue weighted by Gasteiger charge is -2.36. The molecule has 210 valence electrons. The molecule has 3 heterocycles. The summed E-state index contributed by atoms with van der Waals surface area (Å²) in [6.45, 7) is 7.28. The first-order valence-corrected chi connectivity index (χ1v) is 14.4. The number of nitriles is 1. The number of ether oxygens (including phenoxy) is 1. The molecular weight excluding hydrogens is 540 g/mol. The molecule has 1 N–H and O–H groups in total. The fraction of sp³-hybridized carbons (Fsp3) is 0.556. The Hall–Kier alpha value is -3.17. The molecule has 2 saturated heterocycles. The molecular formula is C27H34N4O6S2. The van der Waals surface area contributed by atoms with Gasteiger partial charge in [0, 0.05) is 38.2 Å². The Morgan fingerprint density at radius 2 is 2.00 bits per heavy atom. The van der Waals surface area contributed by atoms with Crippen molar-refractivity contribution in [2.24, 2.45) is 5.92 Å². The van der Waals surface area contributed by atoms with E-state index in [0.717, 1.165) is 24.6 Å². The topological polar surface area (TPSA) is 133 Å². The molecule has 0 aromatic carbocycles. The van der Waals surface area contributed by atoms with Crippen LogP contribution in [0.3, 0.4) is 0 Å². The number of piperidine rings is 1. The molecule has 10 nitrogen and oxygen atoms in total. The van der Waals surface area contributed by atoms with Gasteiger partial charge in [0.25, 0.3) is 11.5 Å². The fourth-order valence-electron chi connectivity index (χ4n) is 4.84. The maximum absolute atomic E-state index is 13.5. The van der Waals surface area contributed by atoms with Gasteiger partial charge in [0.1, 0.15) is 21.8 Å². The molecule has 2 aliphatic rings. The molecule has 0 bridgehead atoms. The maximum atomic E-state index is 13.5. The molecule has 2 fully saturated rings. The van der Waals surface area contributed by atoms with Gasteiger partial charge >= 0.3 is 11.9 Å². The number of anilines is 1. The standard InChI is InChI=1S/C27H34N4O6S2/c1-4-6-12-30-23(29-11-7-9-18(16-29)26(36)37-5-2)19(17(3)20(15-28)24(30)34)14-21-25(35)31(27(38)39-21)13-8-10-22(32)33/h14,18H,4-13,16H2,1-3H3,(H,32,33)/b21-14+. The lowest BCUT2D eigenvalue weighted by molar-refractivity contribution is -0.148. The smallest absolute Gasteiger partial charge is 0.310 e. The Morgan fingerprint density at radius 3 is 2.64 bits per heavy atom. The van der Waals surface area contributed by atoms with Crippen molar-refractivity contribution < 1.29 is 24.2 Å². The minimum Gasteiger partial charge on any atom is -0.481 e. The third kappa shape index (κ3) is 6.89. The maximum Gasteiger partial charge on any atom is 0.310 e. The van der Waals surface area contributed by atoms with Crippen LogP contribution in [0, 0.1) is 24.2 Å². The lowest BCUT2D eigenvalue weighted by atomic mass is 9.96. The number of carbonyl (C=O) groups is 3. The van der Waals surface area contributed by atoms with Crippen LogP contribution in [0.25, 0.3) is 6.08 Å². The van der Waals surface area contributed by atoms with E-state index in [1.54, 1.807) is 24.5 Å². The SMILES string of the molecule is CCCCn1c(N2CCCC(C(=O)OCC)C2)c(/C=C2/SC(=S)N(CCCC(=O)O)C2=O)c(C)c(C#N)c1=O. The number of pyridine rings is 1.